The number of thiophene rings is 1. The molecule has 0 radical (unpaired) electrons. The number of fused-ring (bicyclic) bond motifs is 1. The van der Waals surface area contributed by atoms with Gasteiger partial charge in [0.1, 0.15) is 5.00 Å². The van der Waals surface area contributed by atoms with Crippen molar-refractivity contribution in [1.29, 1.82) is 0 Å². The molecule has 5 rings (SSSR count). The highest BCUT2D eigenvalue weighted by Gasteiger charge is 2.29. The summed E-state index contributed by atoms with van der Waals surface area (Å²) in [6.07, 6.45) is 3.70. The van der Waals surface area contributed by atoms with Crippen molar-refractivity contribution in [2.75, 3.05) is 13.1 Å². The van der Waals surface area contributed by atoms with Crippen LogP contribution in [0.3, 0.4) is 0 Å². The lowest BCUT2D eigenvalue weighted by atomic mass is 9.97. The molecule has 168 valence electrons. The van der Waals surface area contributed by atoms with Crippen LogP contribution in [0.15, 0.2) is 72.9 Å². The Labute approximate surface area is 197 Å². The SMILES string of the molecule is Cc1ccc(CNC(=O)[C@@H]2CCCN(C(=O)c3ccc(-n4ccc5ccccc54)s3)C2)cc1. The third-order valence-electron chi connectivity index (χ3n) is 6.31. The summed E-state index contributed by atoms with van der Waals surface area (Å²) in [6, 6.07) is 22.4. The van der Waals surface area contributed by atoms with Crippen LogP contribution in [0.1, 0.15) is 33.6 Å². The molecule has 0 bridgehead atoms. The van der Waals surface area contributed by atoms with Crippen molar-refractivity contribution in [3.8, 4) is 5.00 Å². The van der Waals surface area contributed by atoms with Gasteiger partial charge in [0.25, 0.3) is 5.91 Å². The zero-order valence-corrected chi connectivity index (χ0v) is 19.5. The molecule has 1 N–H and O–H groups in total. The normalized spacial score (nSPS) is 16.2. The zero-order valence-electron chi connectivity index (χ0n) is 18.7. The molecule has 2 aromatic carbocycles. The molecule has 4 aromatic rings. The number of aromatic nitrogens is 1. The molecular formula is C27H27N3O2S. The summed E-state index contributed by atoms with van der Waals surface area (Å²) < 4.78 is 2.12. The number of hydrogen-bond donors (Lipinski definition) is 1. The number of piperidine rings is 1. The molecule has 2 amide bonds. The van der Waals surface area contributed by atoms with Gasteiger partial charge in [-0.3, -0.25) is 9.59 Å². The van der Waals surface area contributed by atoms with Crippen molar-refractivity contribution in [1.82, 2.24) is 14.8 Å². The summed E-state index contributed by atoms with van der Waals surface area (Å²) >= 11 is 1.50. The Hall–Kier alpha value is -3.38. The number of benzene rings is 2. The first kappa shape index (κ1) is 21.5. The van der Waals surface area contributed by atoms with E-state index in [2.05, 4.69) is 28.1 Å². The van der Waals surface area contributed by atoms with Crippen molar-refractivity contribution >= 4 is 34.1 Å². The highest BCUT2D eigenvalue weighted by molar-refractivity contribution is 7.16. The zero-order chi connectivity index (χ0) is 22.8. The molecule has 0 unspecified atom stereocenters. The summed E-state index contributed by atoms with van der Waals surface area (Å²) in [6.45, 7) is 3.73. The van der Waals surface area contributed by atoms with Crippen LogP contribution in [0, 0.1) is 12.8 Å². The van der Waals surface area contributed by atoms with Gasteiger partial charge in [-0.05, 0) is 55.0 Å². The Bertz CT molecular complexity index is 1290. The van der Waals surface area contributed by atoms with Gasteiger partial charge in [-0.25, -0.2) is 0 Å². The van der Waals surface area contributed by atoms with E-state index in [-0.39, 0.29) is 17.7 Å². The van der Waals surface area contributed by atoms with Crippen LogP contribution in [0.2, 0.25) is 0 Å². The molecule has 33 heavy (non-hydrogen) atoms. The van der Waals surface area contributed by atoms with Gasteiger partial charge in [-0.1, -0.05) is 48.0 Å². The smallest absolute Gasteiger partial charge is 0.264 e. The summed E-state index contributed by atoms with van der Waals surface area (Å²) in [5.41, 5.74) is 3.41. The van der Waals surface area contributed by atoms with Gasteiger partial charge in [0, 0.05) is 25.8 Å². The van der Waals surface area contributed by atoms with Crippen LogP contribution in [-0.4, -0.2) is 34.4 Å². The summed E-state index contributed by atoms with van der Waals surface area (Å²) in [5, 5.41) is 5.24. The molecule has 1 aliphatic heterocycles. The molecule has 6 heteroatoms. The highest BCUT2D eigenvalue weighted by atomic mass is 32.1. The average molecular weight is 458 g/mol. The maximum absolute atomic E-state index is 13.2. The number of likely N-dealkylation sites (tertiary alicyclic amines) is 1. The van der Waals surface area contributed by atoms with E-state index in [1.54, 1.807) is 0 Å². The largest absolute Gasteiger partial charge is 0.352 e. The van der Waals surface area contributed by atoms with Crippen molar-refractivity contribution in [3.63, 3.8) is 0 Å². The molecule has 1 aliphatic rings. The van der Waals surface area contributed by atoms with Crippen LogP contribution in [0.4, 0.5) is 0 Å². The number of para-hydroxylation sites is 1. The minimum absolute atomic E-state index is 0.0127. The fourth-order valence-electron chi connectivity index (χ4n) is 4.42. The van der Waals surface area contributed by atoms with E-state index in [4.69, 9.17) is 0 Å². The quantitative estimate of drug-likeness (QED) is 0.450. The van der Waals surface area contributed by atoms with E-state index >= 15 is 0 Å². The van der Waals surface area contributed by atoms with Gasteiger partial charge >= 0.3 is 0 Å². The maximum Gasteiger partial charge on any atom is 0.264 e. The number of aryl methyl sites for hydroxylation is 1. The topological polar surface area (TPSA) is 54.3 Å². The summed E-state index contributed by atoms with van der Waals surface area (Å²) in [7, 11) is 0. The van der Waals surface area contributed by atoms with Gasteiger partial charge in [-0.15, -0.1) is 11.3 Å². The summed E-state index contributed by atoms with van der Waals surface area (Å²) in [4.78, 5) is 28.5. The molecule has 1 fully saturated rings. The van der Waals surface area contributed by atoms with Crippen LogP contribution in [-0.2, 0) is 11.3 Å². The first-order valence-corrected chi connectivity index (χ1v) is 12.2. The third kappa shape index (κ3) is 4.57. The van der Waals surface area contributed by atoms with E-state index in [0.29, 0.717) is 24.5 Å². The number of nitrogens with one attached hydrogen (secondary N) is 1. The van der Waals surface area contributed by atoms with Crippen LogP contribution in [0.25, 0.3) is 15.9 Å². The molecule has 1 atom stereocenters. The number of hydrogen-bond acceptors (Lipinski definition) is 3. The van der Waals surface area contributed by atoms with Crippen molar-refractivity contribution in [2.45, 2.75) is 26.3 Å². The van der Waals surface area contributed by atoms with Gasteiger partial charge in [0.15, 0.2) is 0 Å². The standard InChI is InChI=1S/C27H27N3O2S/c1-19-8-10-20(11-9-19)17-28-26(31)22-6-4-15-29(18-22)27(32)24-12-13-25(33-24)30-16-14-21-5-2-3-7-23(21)30/h2-3,5,7-14,16,22H,4,6,15,17-18H2,1H3,(H,28,31)/t22-/m1/s1. The fourth-order valence-corrected chi connectivity index (χ4v) is 5.39. The minimum atomic E-state index is -0.166. The van der Waals surface area contributed by atoms with E-state index < -0.39 is 0 Å². The number of nitrogens with zero attached hydrogens (tertiary/aromatic N) is 2. The highest BCUT2D eigenvalue weighted by Crippen LogP contribution is 2.28. The van der Waals surface area contributed by atoms with Gasteiger partial charge < -0.3 is 14.8 Å². The maximum atomic E-state index is 13.2. The van der Waals surface area contributed by atoms with E-state index in [1.165, 1.54) is 22.3 Å². The van der Waals surface area contributed by atoms with Crippen molar-refractivity contribution < 1.29 is 9.59 Å². The Morgan fingerprint density at radius 2 is 1.85 bits per heavy atom. The van der Waals surface area contributed by atoms with Gasteiger partial charge in [0.2, 0.25) is 5.91 Å². The number of carbonyl (C=O) groups is 2. The van der Waals surface area contributed by atoms with Crippen molar-refractivity contribution in [2.24, 2.45) is 5.92 Å². The second-order valence-corrected chi connectivity index (χ2v) is 9.74. The molecule has 0 spiro atoms. The molecule has 2 aromatic heterocycles. The van der Waals surface area contributed by atoms with Crippen molar-refractivity contribution in [3.05, 3.63) is 88.9 Å². The molecule has 3 heterocycles. The molecule has 1 saturated heterocycles. The third-order valence-corrected chi connectivity index (χ3v) is 7.38. The van der Waals surface area contributed by atoms with Gasteiger partial charge in [0.05, 0.1) is 16.3 Å². The Balaban J connectivity index is 1.24. The Kier molecular flexibility index (Phi) is 6.01. The second kappa shape index (κ2) is 9.24. The second-order valence-electron chi connectivity index (χ2n) is 8.68. The molecule has 5 nitrogen and oxygen atoms in total. The van der Waals surface area contributed by atoms with E-state index in [9.17, 15) is 9.59 Å². The molecule has 0 saturated carbocycles. The average Bonchev–Trinajstić information content (AvgIpc) is 3.50. The molecule has 0 aliphatic carbocycles. The fraction of sp³-hybridized carbons (Fsp3) is 0.259. The number of rotatable bonds is 5. The lowest BCUT2D eigenvalue weighted by molar-refractivity contribution is -0.126. The summed E-state index contributed by atoms with van der Waals surface area (Å²) in [5.74, 6) is -0.126. The first-order chi connectivity index (χ1) is 16.1. The lowest BCUT2D eigenvalue weighted by Crippen LogP contribution is -2.45. The van der Waals surface area contributed by atoms with Gasteiger partial charge in [-0.2, -0.15) is 0 Å². The predicted molar refractivity (Wildman–Crippen MR) is 133 cm³/mol. The van der Waals surface area contributed by atoms with Crippen LogP contribution < -0.4 is 5.32 Å². The monoisotopic (exact) mass is 457 g/mol. The Morgan fingerprint density at radius 3 is 2.70 bits per heavy atom. The first-order valence-electron chi connectivity index (χ1n) is 11.4. The number of amides is 2. The molecular weight excluding hydrogens is 430 g/mol. The van der Waals surface area contributed by atoms with E-state index in [1.807, 2.05) is 66.6 Å². The minimum Gasteiger partial charge on any atom is -0.352 e. The van der Waals surface area contributed by atoms with E-state index in [0.717, 1.165) is 28.9 Å². The van der Waals surface area contributed by atoms with Crippen LogP contribution >= 0.6 is 11.3 Å². The Morgan fingerprint density at radius 1 is 1.03 bits per heavy atom. The lowest BCUT2D eigenvalue weighted by Gasteiger charge is -2.31. The number of carbonyl (C=O) groups excluding carboxylic acids is 2. The van der Waals surface area contributed by atoms with Crippen LogP contribution in [0.5, 0.6) is 0 Å². The predicted octanol–water partition coefficient (Wildman–Crippen LogP) is 5.17.